The maximum Gasteiger partial charge on any atom is 0.118 e. The van der Waals surface area contributed by atoms with E-state index in [1.165, 1.54) is 25.7 Å². The fourth-order valence-corrected chi connectivity index (χ4v) is 2.49. The standard InChI is InChI=1S/C8H10Br2N2/c9-7-5-11-12(8(7)10)6-3-1-2-4-6/h5-6H,1-4H2. The topological polar surface area (TPSA) is 17.8 Å². The highest BCUT2D eigenvalue weighted by atomic mass is 79.9. The van der Waals surface area contributed by atoms with Crippen LogP contribution in [-0.4, -0.2) is 9.78 Å². The molecule has 1 heterocycles. The van der Waals surface area contributed by atoms with Crippen molar-refractivity contribution in [3.05, 3.63) is 15.3 Å². The lowest BCUT2D eigenvalue weighted by Crippen LogP contribution is -2.06. The van der Waals surface area contributed by atoms with Gasteiger partial charge in [-0.3, -0.25) is 4.68 Å². The highest BCUT2D eigenvalue weighted by molar-refractivity contribution is 9.13. The van der Waals surface area contributed by atoms with Gasteiger partial charge in [-0.1, -0.05) is 12.8 Å². The van der Waals surface area contributed by atoms with Crippen LogP contribution in [-0.2, 0) is 0 Å². The van der Waals surface area contributed by atoms with Crippen molar-refractivity contribution in [3.63, 3.8) is 0 Å². The van der Waals surface area contributed by atoms with Crippen molar-refractivity contribution in [1.29, 1.82) is 0 Å². The molecule has 1 aliphatic rings. The molecule has 4 heteroatoms. The number of hydrogen-bond donors (Lipinski definition) is 0. The van der Waals surface area contributed by atoms with E-state index in [2.05, 4.69) is 41.6 Å². The van der Waals surface area contributed by atoms with Gasteiger partial charge in [0.1, 0.15) is 4.60 Å². The molecular formula is C8H10Br2N2. The molecule has 0 radical (unpaired) electrons. The number of nitrogens with zero attached hydrogens (tertiary/aromatic N) is 2. The number of aromatic nitrogens is 2. The lowest BCUT2D eigenvalue weighted by molar-refractivity contribution is 0.458. The summed E-state index contributed by atoms with van der Waals surface area (Å²) < 4.78 is 4.21. The molecule has 66 valence electrons. The van der Waals surface area contributed by atoms with Gasteiger partial charge >= 0.3 is 0 Å². The minimum absolute atomic E-state index is 0.616. The van der Waals surface area contributed by atoms with Crippen LogP contribution < -0.4 is 0 Å². The van der Waals surface area contributed by atoms with Gasteiger partial charge in [0.2, 0.25) is 0 Å². The summed E-state index contributed by atoms with van der Waals surface area (Å²) in [6.07, 6.45) is 7.07. The van der Waals surface area contributed by atoms with Crippen molar-refractivity contribution in [3.8, 4) is 0 Å². The Balaban J connectivity index is 2.26. The fraction of sp³-hybridized carbons (Fsp3) is 0.625. The predicted octanol–water partition coefficient (Wildman–Crippen LogP) is 3.52. The van der Waals surface area contributed by atoms with Gasteiger partial charge in [0.25, 0.3) is 0 Å². The molecule has 0 N–H and O–H groups in total. The van der Waals surface area contributed by atoms with Crippen molar-refractivity contribution in [2.24, 2.45) is 0 Å². The van der Waals surface area contributed by atoms with E-state index >= 15 is 0 Å². The van der Waals surface area contributed by atoms with Gasteiger partial charge in [0, 0.05) is 0 Å². The van der Waals surface area contributed by atoms with Crippen LogP contribution >= 0.6 is 31.9 Å². The summed E-state index contributed by atoms with van der Waals surface area (Å²) in [6, 6.07) is 0.616. The van der Waals surface area contributed by atoms with E-state index in [0.717, 1.165) is 9.08 Å². The second-order valence-corrected chi connectivity index (χ2v) is 4.77. The molecule has 1 aromatic heterocycles. The highest BCUT2D eigenvalue weighted by Crippen LogP contribution is 2.33. The van der Waals surface area contributed by atoms with Gasteiger partial charge in [0.15, 0.2) is 0 Å². The zero-order chi connectivity index (χ0) is 8.55. The Morgan fingerprint density at radius 3 is 2.50 bits per heavy atom. The molecule has 1 aliphatic carbocycles. The van der Waals surface area contributed by atoms with E-state index in [4.69, 9.17) is 0 Å². The highest BCUT2D eigenvalue weighted by Gasteiger charge is 2.20. The minimum Gasteiger partial charge on any atom is -0.254 e. The van der Waals surface area contributed by atoms with Crippen molar-refractivity contribution in [1.82, 2.24) is 9.78 Å². The minimum atomic E-state index is 0.616. The van der Waals surface area contributed by atoms with Gasteiger partial charge < -0.3 is 0 Å². The fourth-order valence-electron chi connectivity index (χ4n) is 1.73. The Hall–Kier alpha value is 0.170. The number of rotatable bonds is 1. The second kappa shape index (κ2) is 3.50. The van der Waals surface area contributed by atoms with E-state index < -0.39 is 0 Å². The van der Waals surface area contributed by atoms with E-state index in [-0.39, 0.29) is 0 Å². The van der Waals surface area contributed by atoms with Crippen LogP contribution in [0, 0.1) is 0 Å². The number of halogens is 2. The van der Waals surface area contributed by atoms with Crippen LogP contribution in [0.2, 0.25) is 0 Å². The summed E-state index contributed by atoms with van der Waals surface area (Å²) in [7, 11) is 0. The summed E-state index contributed by atoms with van der Waals surface area (Å²) in [4.78, 5) is 0. The van der Waals surface area contributed by atoms with Crippen molar-refractivity contribution < 1.29 is 0 Å². The molecule has 0 atom stereocenters. The molecule has 0 amide bonds. The van der Waals surface area contributed by atoms with Crippen molar-refractivity contribution in [2.45, 2.75) is 31.7 Å². The van der Waals surface area contributed by atoms with Gasteiger partial charge in [-0.25, -0.2) is 0 Å². The zero-order valence-electron chi connectivity index (χ0n) is 6.63. The monoisotopic (exact) mass is 292 g/mol. The average Bonchev–Trinajstić information content (AvgIpc) is 2.64. The predicted molar refractivity (Wildman–Crippen MR) is 55.1 cm³/mol. The van der Waals surface area contributed by atoms with E-state index in [1.54, 1.807) is 0 Å². The van der Waals surface area contributed by atoms with Gasteiger partial charge in [-0.15, -0.1) is 0 Å². The molecule has 1 aromatic rings. The number of hydrogen-bond acceptors (Lipinski definition) is 1. The molecular weight excluding hydrogens is 284 g/mol. The normalized spacial score (nSPS) is 18.8. The quantitative estimate of drug-likeness (QED) is 0.775. The molecule has 0 bridgehead atoms. The Morgan fingerprint density at radius 1 is 1.33 bits per heavy atom. The smallest absolute Gasteiger partial charge is 0.118 e. The van der Waals surface area contributed by atoms with Crippen LogP contribution in [0.1, 0.15) is 31.7 Å². The first-order chi connectivity index (χ1) is 5.79. The summed E-state index contributed by atoms with van der Waals surface area (Å²) in [5.41, 5.74) is 0. The third kappa shape index (κ3) is 1.46. The average molecular weight is 294 g/mol. The lowest BCUT2D eigenvalue weighted by atomic mass is 10.3. The zero-order valence-corrected chi connectivity index (χ0v) is 9.81. The van der Waals surface area contributed by atoms with E-state index in [1.807, 2.05) is 6.20 Å². The molecule has 0 unspecified atom stereocenters. The summed E-state index contributed by atoms with van der Waals surface area (Å²) >= 11 is 6.95. The molecule has 1 saturated carbocycles. The Labute approximate surface area is 88.6 Å². The summed E-state index contributed by atoms with van der Waals surface area (Å²) in [6.45, 7) is 0. The molecule has 0 saturated heterocycles. The van der Waals surface area contributed by atoms with Crippen LogP contribution in [0.15, 0.2) is 15.3 Å². The maximum absolute atomic E-state index is 4.32. The first kappa shape index (κ1) is 8.75. The summed E-state index contributed by atoms with van der Waals surface area (Å²) in [5, 5.41) is 4.32. The van der Waals surface area contributed by atoms with Crippen molar-refractivity contribution >= 4 is 31.9 Å². The third-order valence-electron chi connectivity index (χ3n) is 2.36. The Bertz CT molecular complexity index is 277. The molecule has 0 aliphatic heterocycles. The first-order valence-corrected chi connectivity index (χ1v) is 5.76. The Kier molecular flexibility index (Phi) is 2.55. The molecule has 1 fully saturated rings. The lowest BCUT2D eigenvalue weighted by Gasteiger charge is -2.10. The second-order valence-electron chi connectivity index (χ2n) is 3.17. The van der Waals surface area contributed by atoms with Crippen LogP contribution in [0.3, 0.4) is 0 Å². The molecule has 2 rings (SSSR count). The van der Waals surface area contributed by atoms with Crippen LogP contribution in [0.4, 0.5) is 0 Å². The van der Waals surface area contributed by atoms with E-state index in [0.29, 0.717) is 6.04 Å². The molecule has 12 heavy (non-hydrogen) atoms. The Morgan fingerprint density at radius 2 is 2.00 bits per heavy atom. The first-order valence-electron chi connectivity index (χ1n) is 4.17. The molecule has 0 spiro atoms. The SMILES string of the molecule is Brc1cnn(C2CCCC2)c1Br. The van der Waals surface area contributed by atoms with Gasteiger partial charge in [-0.2, -0.15) is 5.10 Å². The molecule has 2 nitrogen and oxygen atoms in total. The largest absolute Gasteiger partial charge is 0.254 e. The third-order valence-corrected chi connectivity index (χ3v) is 4.27. The van der Waals surface area contributed by atoms with Gasteiger partial charge in [0.05, 0.1) is 16.7 Å². The van der Waals surface area contributed by atoms with E-state index in [9.17, 15) is 0 Å². The van der Waals surface area contributed by atoms with Crippen LogP contribution in [0.25, 0.3) is 0 Å². The van der Waals surface area contributed by atoms with Crippen molar-refractivity contribution in [2.75, 3.05) is 0 Å². The summed E-state index contributed by atoms with van der Waals surface area (Å²) in [5.74, 6) is 0. The van der Waals surface area contributed by atoms with Gasteiger partial charge in [-0.05, 0) is 44.7 Å². The molecule has 0 aromatic carbocycles. The van der Waals surface area contributed by atoms with Crippen LogP contribution in [0.5, 0.6) is 0 Å². The maximum atomic E-state index is 4.32.